The second-order valence-corrected chi connectivity index (χ2v) is 7.29. The molecule has 1 rings (SSSR count). The van der Waals surface area contributed by atoms with E-state index < -0.39 is 21.7 Å². The number of hydrogen-bond donors (Lipinski definition) is 2. The number of amides is 1. The standard InChI is InChI=1S/C15H22ClN3O4S/c1-4-5-11-6-12(9-17-14(20)8-16)15(21)13(7-11)24(22,23)18-10-19(2)3/h6-7,10,21H,4-5,8-9H2,1-3H3,(H,17,20). The molecule has 0 atom stereocenters. The Hall–Kier alpha value is -1.80. The van der Waals surface area contributed by atoms with E-state index in [1.54, 1.807) is 20.2 Å². The predicted octanol–water partition coefficient (Wildman–Crippen LogP) is 1.48. The maximum absolute atomic E-state index is 12.4. The predicted molar refractivity (Wildman–Crippen MR) is 94.0 cm³/mol. The Morgan fingerprint density at radius 3 is 2.62 bits per heavy atom. The first-order valence-corrected chi connectivity index (χ1v) is 9.33. The number of carbonyl (C=O) groups is 1. The van der Waals surface area contributed by atoms with Gasteiger partial charge in [0.05, 0.1) is 0 Å². The van der Waals surface area contributed by atoms with Crippen LogP contribution in [0.3, 0.4) is 0 Å². The molecule has 0 bridgehead atoms. The van der Waals surface area contributed by atoms with E-state index in [0.29, 0.717) is 12.0 Å². The number of benzene rings is 1. The first-order valence-electron chi connectivity index (χ1n) is 7.35. The van der Waals surface area contributed by atoms with Crippen molar-refractivity contribution in [1.82, 2.24) is 10.2 Å². The summed E-state index contributed by atoms with van der Waals surface area (Å²) in [6.07, 6.45) is 2.59. The summed E-state index contributed by atoms with van der Waals surface area (Å²) in [6.45, 7) is 1.94. The van der Waals surface area contributed by atoms with Crippen LogP contribution in [0.1, 0.15) is 24.5 Å². The van der Waals surface area contributed by atoms with Crippen molar-refractivity contribution in [2.75, 3.05) is 20.0 Å². The maximum atomic E-state index is 12.4. The van der Waals surface area contributed by atoms with Gasteiger partial charge in [-0.3, -0.25) is 4.79 Å². The van der Waals surface area contributed by atoms with E-state index in [4.69, 9.17) is 11.6 Å². The van der Waals surface area contributed by atoms with Gasteiger partial charge in [-0.15, -0.1) is 16.0 Å². The highest BCUT2D eigenvalue weighted by atomic mass is 35.5. The molecule has 0 saturated carbocycles. The van der Waals surface area contributed by atoms with Gasteiger partial charge in [0.15, 0.2) is 0 Å². The van der Waals surface area contributed by atoms with Crippen LogP contribution in [0.4, 0.5) is 0 Å². The van der Waals surface area contributed by atoms with Crippen LogP contribution in [0.15, 0.2) is 21.4 Å². The molecule has 2 N–H and O–H groups in total. The Bertz CT molecular complexity index is 718. The van der Waals surface area contributed by atoms with Crippen molar-refractivity contribution in [3.8, 4) is 5.75 Å². The van der Waals surface area contributed by atoms with Crippen molar-refractivity contribution in [2.45, 2.75) is 31.2 Å². The molecule has 9 heteroatoms. The molecule has 24 heavy (non-hydrogen) atoms. The first-order chi connectivity index (χ1) is 11.2. The molecule has 0 aliphatic rings. The van der Waals surface area contributed by atoms with Gasteiger partial charge >= 0.3 is 0 Å². The van der Waals surface area contributed by atoms with Gasteiger partial charge in [0.25, 0.3) is 10.0 Å². The van der Waals surface area contributed by atoms with E-state index >= 15 is 0 Å². The lowest BCUT2D eigenvalue weighted by atomic mass is 10.1. The van der Waals surface area contributed by atoms with Gasteiger partial charge in [-0.1, -0.05) is 19.4 Å². The van der Waals surface area contributed by atoms with Crippen LogP contribution >= 0.6 is 11.6 Å². The zero-order chi connectivity index (χ0) is 18.3. The zero-order valence-electron chi connectivity index (χ0n) is 13.9. The van der Waals surface area contributed by atoms with Gasteiger partial charge in [-0.25, -0.2) is 0 Å². The van der Waals surface area contributed by atoms with Gasteiger partial charge in [-0.05, 0) is 18.1 Å². The van der Waals surface area contributed by atoms with Gasteiger partial charge < -0.3 is 15.3 Å². The molecule has 0 unspecified atom stereocenters. The Morgan fingerprint density at radius 1 is 1.42 bits per heavy atom. The summed E-state index contributed by atoms with van der Waals surface area (Å²) in [4.78, 5) is 12.5. The number of nitrogens with one attached hydrogen (secondary N) is 1. The molecule has 0 spiro atoms. The number of phenols is 1. The second-order valence-electron chi connectivity index (χ2n) is 5.42. The molecule has 0 saturated heterocycles. The number of carbonyl (C=O) groups excluding carboxylic acids is 1. The minimum absolute atomic E-state index is 0.0190. The number of aryl methyl sites for hydroxylation is 1. The lowest BCUT2D eigenvalue weighted by molar-refractivity contribution is -0.118. The van der Waals surface area contributed by atoms with Crippen LogP contribution in [-0.2, 0) is 27.8 Å². The summed E-state index contributed by atoms with van der Waals surface area (Å²) in [5.74, 6) is -1.04. The molecule has 0 heterocycles. The number of alkyl halides is 1. The second kappa shape index (κ2) is 8.89. The molecular formula is C15H22ClN3O4S. The van der Waals surface area contributed by atoms with E-state index in [1.807, 2.05) is 6.92 Å². The Balaban J connectivity index is 3.32. The van der Waals surface area contributed by atoms with Gasteiger partial charge in [-0.2, -0.15) is 8.42 Å². The van der Waals surface area contributed by atoms with E-state index in [0.717, 1.165) is 18.3 Å². The maximum Gasteiger partial charge on any atom is 0.287 e. The van der Waals surface area contributed by atoms with Crippen molar-refractivity contribution in [3.05, 3.63) is 23.3 Å². The summed E-state index contributed by atoms with van der Waals surface area (Å²) in [7, 11) is -0.778. The van der Waals surface area contributed by atoms with Gasteiger partial charge in [0.2, 0.25) is 5.91 Å². The first kappa shape index (κ1) is 20.2. The smallest absolute Gasteiger partial charge is 0.287 e. The number of phenolic OH excluding ortho intramolecular Hbond substituents is 1. The van der Waals surface area contributed by atoms with Crippen LogP contribution in [0, 0.1) is 0 Å². The van der Waals surface area contributed by atoms with Crippen LogP contribution in [0.25, 0.3) is 0 Å². The summed E-state index contributed by atoms with van der Waals surface area (Å²) < 4.78 is 28.3. The number of hydrogen-bond acceptors (Lipinski definition) is 4. The van der Waals surface area contributed by atoms with Gasteiger partial charge in [0.1, 0.15) is 22.9 Å². The number of nitrogens with zero attached hydrogens (tertiary/aromatic N) is 2. The van der Waals surface area contributed by atoms with Crippen molar-refractivity contribution in [2.24, 2.45) is 4.40 Å². The minimum atomic E-state index is -4.05. The van der Waals surface area contributed by atoms with Crippen LogP contribution < -0.4 is 5.32 Å². The third-order valence-corrected chi connectivity index (χ3v) is 4.53. The third-order valence-electron chi connectivity index (χ3n) is 3.04. The summed E-state index contributed by atoms with van der Waals surface area (Å²) in [5, 5.41) is 12.8. The Labute approximate surface area is 147 Å². The molecule has 1 amide bonds. The largest absolute Gasteiger partial charge is 0.506 e. The van der Waals surface area contributed by atoms with Crippen molar-refractivity contribution in [3.63, 3.8) is 0 Å². The fourth-order valence-corrected chi connectivity index (χ4v) is 3.14. The number of aromatic hydroxyl groups is 1. The van der Waals surface area contributed by atoms with Crippen molar-refractivity contribution in [1.29, 1.82) is 0 Å². The van der Waals surface area contributed by atoms with Crippen molar-refractivity contribution >= 4 is 33.9 Å². The van der Waals surface area contributed by atoms with Crippen molar-refractivity contribution < 1.29 is 18.3 Å². The topological polar surface area (TPSA) is 99.1 Å². The third kappa shape index (κ3) is 5.68. The quantitative estimate of drug-likeness (QED) is 0.407. The normalized spacial score (nSPS) is 11.7. The zero-order valence-corrected chi connectivity index (χ0v) is 15.5. The fraction of sp³-hybridized carbons (Fsp3) is 0.467. The monoisotopic (exact) mass is 375 g/mol. The molecular weight excluding hydrogens is 354 g/mol. The Morgan fingerprint density at radius 2 is 2.08 bits per heavy atom. The van der Waals surface area contributed by atoms with Crippen LogP contribution in [-0.4, -0.2) is 50.6 Å². The van der Waals surface area contributed by atoms with E-state index in [1.165, 1.54) is 11.0 Å². The minimum Gasteiger partial charge on any atom is -0.506 e. The average Bonchev–Trinajstić information content (AvgIpc) is 2.52. The highest BCUT2D eigenvalue weighted by Crippen LogP contribution is 2.30. The summed E-state index contributed by atoms with van der Waals surface area (Å²) >= 11 is 5.42. The molecule has 7 nitrogen and oxygen atoms in total. The lowest BCUT2D eigenvalue weighted by Crippen LogP contribution is -2.24. The molecule has 0 aliphatic carbocycles. The molecule has 0 aliphatic heterocycles. The number of halogens is 1. The SMILES string of the molecule is CCCc1cc(CNC(=O)CCl)c(O)c(S(=O)(=O)N=CN(C)C)c1. The molecule has 0 radical (unpaired) electrons. The Kier molecular flexibility index (Phi) is 7.50. The molecule has 134 valence electrons. The highest BCUT2D eigenvalue weighted by Gasteiger charge is 2.21. The molecule has 0 fully saturated rings. The lowest BCUT2D eigenvalue weighted by Gasteiger charge is -2.13. The van der Waals surface area contributed by atoms with Crippen LogP contribution in [0.2, 0.25) is 0 Å². The van der Waals surface area contributed by atoms with Gasteiger partial charge in [0, 0.05) is 26.2 Å². The molecule has 0 aromatic heterocycles. The molecule has 1 aromatic rings. The summed E-state index contributed by atoms with van der Waals surface area (Å²) in [6, 6.07) is 3.08. The molecule has 1 aromatic carbocycles. The van der Waals surface area contributed by atoms with E-state index in [2.05, 4.69) is 9.71 Å². The fourth-order valence-electron chi connectivity index (χ4n) is 1.95. The summed E-state index contributed by atoms with van der Waals surface area (Å²) in [5.41, 5.74) is 1.04. The number of sulfonamides is 1. The highest BCUT2D eigenvalue weighted by molar-refractivity contribution is 7.90. The van der Waals surface area contributed by atoms with E-state index in [-0.39, 0.29) is 17.3 Å². The van der Waals surface area contributed by atoms with Crippen LogP contribution in [0.5, 0.6) is 5.75 Å². The van der Waals surface area contributed by atoms with E-state index in [9.17, 15) is 18.3 Å². The average molecular weight is 376 g/mol. The number of rotatable bonds is 8.